The second kappa shape index (κ2) is 3.62. The van der Waals surface area contributed by atoms with Crippen LogP contribution in [0.5, 0.6) is 0 Å². The van der Waals surface area contributed by atoms with Gasteiger partial charge in [-0.05, 0) is 10.9 Å². The largest absolute Gasteiger partial charge is 1.00 e. The minimum absolute atomic E-state index is 0. The Kier molecular flexibility index (Phi) is 2.75. The van der Waals surface area contributed by atoms with Crippen molar-refractivity contribution in [2.24, 2.45) is 0 Å². The summed E-state index contributed by atoms with van der Waals surface area (Å²) in [4.78, 5) is 14.5. The van der Waals surface area contributed by atoms with E-state index in [9.17, 15) is 4.79 Å². The number of aldehydes is 1. The summed E-state index contributed by atoms with van der Waals surface area (Å²) in [6, 6.07) is 7.59. The first-order chi connectivity index (χ1) is 5.42. The van der Waals surface area contributed by atoms with E-state index in [-0.39, 0.29) is 18.9 Å². The number of rotatable bonds is 1. The number of para-hydroxylation sites is 1. The molecule has 3 heteroatoms. The van der Waals surface area contributed by atoms with E-state index in [1.54, 1.807) is 6.20 Å². The van der Waals surface area contributed by atoms with Crippen LogP contribution in [0.15, 0.2) is 30.5 Å². The van der Waals surface area contributed by atoms with Crippen molar-refractivity contribution in [3.63, 3.8) is 0 Å². The molecule has 0 fully saturated rings. The van der Waals surface area contributed by atoms with E-state index in [0.29, 0.717) is 5.56 Å². The van der Waals surface area contributed by atoms with Crippen LogP contribution in [0.25, 0.3) is 10.9 Å². The van der Waals surface area contributed by atoms with Crippen molar-refractivity contribution >= 4 is 17.2 Å². The molecule has 0 radical (unpaired) electrons. The van der Waals surface area contributed by atoms with Gasteiger partial charge in [-0.3, -0.25) is 4.79 Å². The van der Waals surface area contributed by atoms with Crippen molar-refractivity contribution < 1.29 is 23.7 Å². The summed E-state index contributed by atoms with van der Waals surface area (Å²) in [6.45, 7) is 0. The minimum atomic E-state index is 0. The van der Waals surface area contributed by atoms with Crippen LogP contribution in [0.2, 0.25) is 0 Å². The first-order valence-corrected chi connectivity index (χ1v) is 3.37. The van der Waals surface area contributed by atoms with Crippen molar-refractivity contribution in [1.82, 2.24) is 4.98 Å². The first kappa shape index (κ1) is 9.12. The van der Waals surface area contributed by atoms with Gasteiger partial charge in [0.1, 0.15) is 6.29 Å². The molecule has 54 valence electrons. The second-order valence-corrected chi connectivity index (χ2v) is 2.35. The molecule has 2 nitrogen and oxygen atoms in total. The van der Waals surface area contributed by atoms with Crippen molar-refractivity contribution in [2.45, 2.75) is 0 Å². The van der Waals surface area contributed by atoms with Gasteiger partial charge in [0.2, 0.25) is 0 Å². The van der Waals surface area contributed by atoms with E-state index in [4.69, 9.17) is 0 Å². The maximum atomic E-state index is 10.4. The Morgan fingerprint density at radius 2 is 2.00 bits per heavy atom. The normalized spacial score (nSPS) is 9.33. The molecule has 0 saturated carbocycles. The van der Waals surface area contributed by atoms with Gasteiger partial charge in [-0.15, -0.1) is 5.52 Å². The summed E-state index contributed by atoms with van der Waals surface area (Å²) >= 11 is 0. The maximum absolute atomic E-state index is 10.4. The van der Waals surface area contributed by atoms with E-state index in [1.165, 1.54) is 0 Å². The number of benzene rings is 1. The van der Waals surface area contributed by atoms with Crippen LogP contribution in [0.3, 0.4) is 0 Å². The molecule has 0 saturated heterocycles. The molecule has 0 amide bonds. The first-order valence-electron chi connectivity index (χ1n) is 3.37. The molecule has 0 aliphatic carbocycles. The van der Waals surface area contributed by atoms with Gasteiger partial charge >= 0.3 is 18.9 Å². The standard InChI is InChI=1S/C9H7NO.Li/c11-6-7-5-10-9-4-2-1-3-8(7)9;/h1-6H,(H,10,11);/q;+1/p-1. The molecule has 2 aromatic rings. The number of aromatic nitrogens is 1. The minimum Gasteiger partial charge on any atom is -0.663 e. The third kappa shape index (κ3) is 1.32. The van der Waals surface area contributed by atoms with Crippen LogP contribution in [-0.4, -0.2) is 6.29 Å². The molecule has 0 N–H and O–H groups in total. The van der Waals surface area contributed by atoms with E-state index < -0.39 is 0 Å². The average molecular weight is 151 g/mol. The van der Waals surface area contributed by atoms with Gasteiger partial charge in [-0.25, -0.2) is 0 Å². The van der Waals surface area contributed by atoms with Gasteiger partial charge in [-0.2, -0.15) is 6.20 Å². The van der Waals surface area contributed by atoms with Gasteiger partial charge in [0.25, 0.3) is 0 Å². The fourth-order valence-corrected chi connectivity index (χ4v) is 1.13. The van der Waals surface area contributed by atoms with Crippen LogP contribution in [0.1, 0.15) is 10.4 Å². The van der Waals surface area contributed by atoms with Gasteiger partial charge in [0, 0.05) is 0 Å². The van der Waals surface area contributed by atoms with Gasteiger partial charge in [0.15, 0.2) is 0 Å². The molecular formula is C9H6LiNO. The molecular weight excluding hydrogens is 145 g/mol. The van der Waals surface area contributed by atoms with Crippen molar-refractivity contribution in [3.05, 3.63) is 36.0 Å². The monoisotopic (exact) mass is 151 g/mol. The topological polar surface area (TPSA) is 31.2 Å². The Balaban J connectivity index is 0.000000720. The molecule has 12 heavy (non-hydrogen) atoms. The molecule has 0 spiro atoms. The Labute approximate surface area is 82.1 Å². The summed E-state index contributed by atoms with van der Waals surface area (Å²) in [5, 5.41) is 0.933. The van der Waals surface area contributed by atoms with E-state index in [1.807, 2.05) is 24.3 Å². The SMILES string of the molecule is O=Cc1c[n-]c2ccccc12.[Li+]. The Morgan fingerprint density at radius 1 is 1.25 bits per heavy atom. The van der Waals surface area contributed by atoms with Gasteiger partial charge < -0.3 is 4.98 Å². The molecule has 0 bridgehead atoms. The molecule has 0 aliphatic rings. The molecule has 0 atom stereocenters. The summed E-state index contributed by atoms with van der Waals surface area (Å²) in [7, 11) is 0. The number of nitrogens with zero attached hydrogens (tertiary/aromatic N) is 1. The zero-order chi connectivity index (χ0) is 7.68. The van der Waals surface area contributed by atoms with Gasteiger partial charge in [0.05, 0.1) is 0 Å². The number of carbonyl (C=O) groups is 1. The summed E-state index contributed by atoms with van der Waals surface area (Å²) in [5.74, 6) is 0. The zero-order valence-electron chi connectivity index (χ0n) is 6.82. The van der Waals surface area contributed by atoms with Gasteiger partial charge in [-0.1, -0.05) is 24.3 Å². The zero-order valence-corrected chi connectivity index (χ0v) is 6.82. The number of carbonyl (C=O) groups excluding carboxylic acids is 1. The van der Waals surface area contributed by atoms with Crippen LogP contribution in [0.4, 0.5) is 0 Å². The Morgan fingerprint density at radius 3 is 2.75 bits per heavy atom. The van der Waals surface area contributed by atoms with Crippen LogP contribution < -0.4 is 23.8 Å². The Bertz CT molecular complexity index is 394. The van der Waals surface area contributed by atoms with E-state index in [2.05, 4.69) is 4.98 Å². The molecule has 0 unspecified atom stereocenters. The molecule has 1 aromatic carbocycles. The number of hydrogen-bond donors (Lipinski definition) is 0. The predicted octanol–water partition coefficient (Wildman–Crippen LogP) is -1.39. The fourth-order valence-electron chi connectivity index (χ4n) is 1.13. The second-order valence-electron chi connectivity index (χ2n) is 2.35. The molecule has 2 rings (SSSR count). The number of hydrogen-bond acceptors (Lipinski definition) is 1. The molecule has 1 aromatic heterocycles. The number of fused-ring (bicyclic) bond motifs is 1. The van der Waals surface area contributed by atoms with Crippen LogP contribution in [0, 0.1) is 0 Å². The third-order valence-corrected chi connectivity index (χ3v) is 1.68. The van der Waals surface area contributed by atoms with Crippen molar-refractivity contribution in [1.29, 1.82) is 0 Å². The quantitative estimate of drug-likeness (QED) is 0.371. The summed E-state index contributed by atoms with van der Waals surface area (Å²) < 4.78 is 0. The Hall–Kier alpha value is -0.973. The summed E-state index contributed by atoms with van der Waals surface area (Å²) in [5.41, 5.74) is 1.55. The molecule has 0 aliphatic heterocycles. The smallest absolute Gasteiger partial charge is 0.663 e. The average Bonchev–Trinajstić information content (AvgIpc) is 2.47. The summed E-state index contributed by atoms with van der Waals surface area (Å²) in [6.07, 6.45) is 2.42. The van der Waals surface area contributed by atoms with Crippen molar-refractivity contribution in [3.8, 4) is 0 Å². The fraction of sp³-hybridized carbons (Fsp3) is 0. The van der Waals surface area contributed by atoms with Crippen LogP contribution >= 0.6 is 0 Å². The molecule has 1 heterocycles. The predicted molar refractivity (Wildman–Crippen MR) is 42.7 cm³/mol. The third-order valence-electron chi connectivity index (χ3n) is 1.68. The van der Waals surface area contributed by atoms with E-state index in [0.717, 1.165) is 17.2 Å². The van der Waals surface area contributed by atoms with Crippen molar-refractivity contribution in [2.75, 3.05) is 0 Å². The van der Waals surface area contributed by atoms with Crippen LogP contribution in [-0.2, 0) is 0 Å². The van der Waals surface area contributed by atoms with E-state index >= 15 is 0 Å². The maximum Gasteiger partial charge on any atom is 1.00 e.